The number of guanidine groups is 1. The van der Waals surface area contributed by atoms with Crippen molar-refractivity contribution in [3.05, 3.63) is 23.9 Å². The van der Waals surface area contributed by atoms with Gasteiger partial charge in [0.05, 0.1) is 12.6 Å². The third kappa shape index (κ3) is 5.55. The maximum Gasteiger partial charge on any atom is 0.421 e. The SMILES string of the molecule is CN=C(NCCOc1ncccc1C(F)(F)F)NCC1CCCO1. The van der Waals surface area contributed by atoms with Gasteiger partial charge in [0.2, 0.25) is 5.88 Å². The summed E-state index contributed by atoms with van der Waals surface area (Å²) in [6.07, 6.45) is -0.997. The Morgan fingerprint density at radius 3 is 2.96 bits per heavy atom. The quantitative estimate of drug-likeness (QED) is 0.467. The van der Waals surface area contributed by atoms with Crippen LogP contribution in [0.1, 0.15) is 18.4 Å². The smallest absolute Gasteiger partial charge is 0.421 e. The molecule has 1 aliphatic heterocycles. The van der Waals surface area contributed by atoms with Crippen molar-refractivity contribution in [2.24, 2.45) is 4.99 Å². The summed E-state index contributed by atoms with van der Waals surface area (Å²) < 4.78 is 49.1. The second kappa shape index (κ2) is 8.72. The first-order valence-electron chi connectivity index (χ1n) is 7.72. The minimum absolute atomic E-state index is 0.0285. The summed E-state index contributed by atoms with van der Waals surface area (Å²) in [5.74, 6) is 0.125. The second-order valence-corrected chi connectivity index (χ2v) is 5.22. The van der Waals surface area contributed by atoms with Gasteiger partial charge in [0.1, 0.15) is 12.2 Å². The minimum atomic E-state index is -4.49. The fourth-order valence-corrected chi connectivity index (χ4v) is 2.28. The average Bonchev–Trinajstić information content (AvgIpc) is 3.07. The summed E-state index contributed by atoms with van der Waals surface area (Å²) in [7, 11) is 1.62. The number of nitrogens with one attached hydrogen (secondary N) is 2. The highest BCUT2D eigenvalue weighted by Gasteiger charge is 2.34. The summed E-state index contributed by atoms with van der Waals surface area (Å²) in [6, 6.07) is 2.17. The topological polar surface area (TPSA) is 67.8 Å². The zero-order valence-electron chi connectivity index (χ0n) is 13.4. The molecule has 1 unspecified atom stereocenters. The standard InChI is InChI=1S/C15H21F3N4O2/c1-19-14(22-10-11-4-3-8-23-11)21-7-9-24-13-12(15(16,17)18)5-2-6-20-13/h2,5-6,11H,3-4,7-10H2,1H3,(H2,19,21,22). The summed E-state index contributed by atoms with van der Waals surface area (Å²) in [6.45, 7) is 1.73. The first-order valence-corrected chi connectivity index (χ1v) is 7.72. The summed E-state index contributed by atoms with van der Waals surface area (Å²) in [5.41, 5.74) is -0.883. The van der Waals surface area contributed by atoms with Crippen LogP contribution < -0.4 is 15.4 Å². The number of pyridine rings is 1. The van der Waals surface area contributed by atoms with Crippen LogP contribution in [0, 0.1) is 0 Å². The molecule has 24 heavy (non-hydrogen) atoms. The largest absolute Gasteiger partial charge is 0.475 e. The van der Waals surface area contributed by atoms with Gasteiger partial charge in [0, 0.05) is 26.4 Å². The van der Waals surface area contributed by atoms with E-state index in [1.165, 1.54) is 12.3 Å². The fraction of sp³-hybridized carbons (Fsp3) is 0.600. The Morgan fingerprint density at radius 2 is 2.29 bits per heavy atom. The molecule has 0 radical (unpaired) electrons. The molecular weight excluding hydrogens is 325 g/mol. The van der Waals surface area contributed by atoms with E-state index < -0.39 is 17.6 Å². The molecule has 0 amide bonds. The molecule has 134 valence electrons. The van der Waals surface area contributed by atoms with Crippen molar-refractivity contribution in [2.45, 2.75) is 25.1 Å². The molecule has 0 spiro atoms. The summed E-state index contributed by atoms with van der Waals surface area (Å²) in [5, 5.41) is 6.08. The molecule has 1 atom stereocenters. The Hall–Kier alpha value is -2.03. The number of hydrogen-bond acceptors (Lipinski definition) is 4. The average molecular weight is 346 g/mol. The summed E-state index contributed by atoms with van der Waals surface area (Å²) >= 11 is 0. The van der Waals surface area contributed by atoms with Crippen molar-refractivity contribution in [1.29, 1.82) is 0 Å². The van der Waals surface area contributed by atoms with Crippen LogP contribution in [0.5, 0.6) is 5.88 Å². The first kappa shape index (κ1) is 18.3. The number of aliphatic imine (C=N–C) groups is 1. The Labute approximate surface area is 138 Å². The molecule has 1 aromatic rings. The lowest BCUT2D eigenvalue weighted by Crippen LogP contribution is -2.42. The fourth-order valence-electron chi connectivity index (χ4n) is 2.28. The van der Waals surface area contributed by atoms with E-state index in [0.717, 1.165) is 25.5 Å². The molecule has 2 N–H and O–H groups in total. The van der Waals surface area contributed by atoms with E-state index in [1.807, 2.05) is 0 Å². The molecule has 0 bridgehead atoms. The van der Waals surface area contributed by atoms with Crippen molar-refractivity contribution >= 4 is 5.96 Å². The lowest BCUT2D eigenvalue weighted by Gasteiger charge is -2.16. The van der Waals surface area contributed by atoms with Gasteiger partial charge in [-0.3, -0.25) is 4.99 Å². The lowest BCUT2D eigenvalue weighted by molar-refractivity contribution is -0.139. The Kier molecular flexibility index (Phi) is 6.65. The highest BCUT2D eigenvalue weighted by molar-refractivity contribution is 5.79. The molecule has 1 aromatic heterocycles. The van der Waals surface area contributed by atoms with E-state index in [-0.39, 0.29) is 12.7 Å². The number of nitrogens with zero attached hydrogens (tertiary/aromatic N) is 2. The zero-order valence-corrected chi connectivity index (χ0v) is 13.4. The monoisotopic (exact) mass is 346 g/mol. The van der Waals surface area contributed by atoms with E-state index in [4.69, 9.17) is 9.47 Å². The first-order chi connectivity index (χ1) is 11.5. The number of halogens is 3. The minimum Gasteiger partial charge on any atom is -0.475 e. The van der Waals surface area contributed by atoms with E-state index in [0.29, 0.717) is 19.0 Å². The van der Waals surface area contributed by atoms with Crippen LogP contribution in [0.15, 0.2) is 23.3 Å². The van der Waals surface area contributed by atoms with Crippen LogP contribution in [-0.4, -0.2) is 50.4 Å². The van der Waals surface area contributed by atoms with Gasteiger partial charge in [-0.25, -0.2) is 4.98 Å². The molecule has 6 nitrogen and oxygen atoms in total. The normalized spacial score (nSPS) is 18.5. The predicted octanol–water partition coefficient (Wildman–Crippen LogP) is 1.82. The van der Waals surface area contributed by atoms with Crippen LogP contribution in [0.25, 0.3) is 0 Å². The molecule has 2 heterocycles. The molecule has 1 aliphatic rings. The van der Waals surface area contributed by atoms with E-state index >= 15 is 0 Å². The third-order valence-electron chi connectivity index (χ3n) is 3.45. The molecule has 0 saturated carbocycles. The van der Waals surface area contributed by atoms with Gasteiger partial charge < -0.3 is 20.1 Å². The molecule has 2 rings (SSSR count). The molecule has 1 saturated heterocycles. The van der Waals surface area contributed by atoms with Crippen molar-refractivity contribution < 1.29 is 22.6 Å². The zero-order chi connectivity index (χ0) is 17.4. The Balaban J connectivity index is 1.74. The number of ether oxygens (including phenoxy) is 2. The molecule has 9 heteroatoms. The van der Waals surface area contributed by atoms with Gasteiger partial charge in [-0.2, -0.15) is 13.2 Å². The number of aromatic nitrogens is 1. The molecule has 0 aliphatic carbocycles. The number of rotatable bonds is 6. The number of hydrogen-bond donors (Lipinski definition) is 2. The predicted molar refractivity (Wildman–Crippen MR) is 83.1 cm³/mol. The van der Waals surface area contributed by atoms with Gasteiger partial charge in [-0.1, -0.05) is 0 Å². The highest BCUT2D eigenvalue weighted by Crippen LogP contribution is 2.34. The van der Waals surface area contributed by atoms with Gasteiger partial charge in [-0.05, 0) is 25.0 Å². The third-order valence-corrected chi connectivity index (χ3v) is 3.45. The van der Waals surface area contributed by atoms with E-state index in [9.17, 15) is 13.2 Å². The van der Waals surface area contributed by atoms with Crippen molar-refractivity contribution in [1.82, 2.24) is 15.6 Å². The maximum absolute atomic E-state index is 12.8. The number of alkyl halides is 3. The van der Waals surface area contributed by atoms with Crippen LogP contribution in [0.4, 0.5) is 13.2 Å². The lowest BCUT2D eigenvalue weighted by atomic mass is 10.2. The van der Waals surface area contributed by atoms with Gasteiger partial charge in [-0.15, -0.1) is 0 Å². The summed E-state index contributed by atoms with van der Waals surface area (Å²) in [4.78, 5) is 7.68. The van der Waals surface area contributed by atoms with Crippen molar-refractivity contribution in [3.63, 3.8) is 0 Å². The van der Waals surface area contributed by atoms with E-state index in [1.54, 1.807) is 7.05 Å². The Bertz CT molecular complexity index is 546. The van der Waals surface area contributed by atoms with Gasteiger partial charge >= 0.3 is 6.18 Å². The maximum atomic E-state index is 12.8. The van der Waals surface area contributed by atoms with Crippen molar-refractivity contribution in [3.8, 4) is 5.88 Å². The van der Waals surface area contributed by atoms with Crippen LogP contribution in [-0.2, 0) is 10.9 Å². The van der Waals surface area contributed by atoms with Crippen LogP contribution in [0.3, 0.4) is 0 Å². The molecular formula is C15H21F3N4O2. The van der Waals surface area contributed by atoms with Crippen LogP contribution >= 0.6 is 0 Å². The molecule has 1 fully saturated rings. The highest BCUT2D eigenvalue weighted by atomic mass is 19.4. The van der Waals surface area contributed by atoms with Gasteiger partial charge in [0.25, 0.3) is 0 Å². The Morgan fingerprint density at radius 1 is 1.46 bits per heavy atom. The molecule has 0 aromatic carbocycles. The van der Waals surface area contributed by atoms with Crippen LogP contribution in [0.2, 0.25) is 0 Å². The van der Waals surface area contributed by atoms with E-state index in [2.05, 4.69) is 20.6 Å². The second-order valence-electron chi connectivity index (χ2n) is 5.22. The van der Waals surface area contributed by atoms with Crippen molar-refractivity contribution in [2.75, 3.05) is 33.4 Å². The van der Waals surface area contributed by atoms with Gasteiger partial charge in [0.15, 0.2) is 5.96 Å².